The number of tetrazole rings is 1. The molecule has 3 aromatic rings. The quantitative estimate of drug-likeness (QED) is 0.610. The van der Waals surface area contributed by atoms with Crippen LogP contribution < -0.4 is 10.2 Å². The number of nitrogens with zero attached hydrogens (tertiary/aromatic N) is 6. The molecule has 1 amide bonds. The normalized spacial score (nSPS) is 16.5. The first-order chi connectivity index (χ1) is 14.5. The van der Waals surface area contributed by atoms with E-state index in [9.17, 15) is 9.59 Å². The van der Waals surface area contributed by atoms with Crippen molar-refractivity contribution in [2.75, 3.05) is 19.7 Å². The van der Waals surface area contributed by atoms with E-state index in [-0.39, 0.29) is 35.9 Å². The molecular formula is C20H22N6O4. The van der Waals surface area contributed by atoms with E-state index in [4.69, 9.17) is 9.47 Å². The van der Waals surface area contributed by atoms with E-state index in [2.05, 4.69) is 15.4 Å². The van der Waals surface area contributed by atoms with Gasteiger partial charge in [-0.05, 0) is 10.8 Å². The minimum Gasteiger partial charge on any atom is -0.483 e. The van der Waals surface area contributed by atoms with Gasteiger partial charge in [0.05, 0.1) is 20.2 Å². The summed E-state index contributed by atoms with van der Waals surface area (Å²) in [6.45, 7) is 1.16. The van der Waals surface area contributed by atoms with Crippen molar-refractivity contribution < 1.29 is 14.3 Å². The van der Waals surface area contributed by atoms with Crippen LogP contribution in [0.3, 0.4) is 0 Å². The first-order valence-corrected chi connectivity index (χ1v) is 9.54. The predicted octanol–water partition coefficient (Wildman–Crippen LogP) is 0.702. The first kappa shape index (κ1) is 19.8. The van der Waals surface area contributed by atoms with Crippen LogP contribution in [0.2, 0.25) is 0 Å². The minimum absolute atomic E-state index is 0.0366. The second-order valence-electron chi connectivity index (χ2n) is 6.99. The summed E-state index contributed by atoms with van der Waals surface area (Å²) in [6.07, 6.45) is 1.08. The third-order valence-electron chi connectivity index (χ3n) is 4.84. The van der Waals surface area contributed by atoms with Crippen molar-refractivity contribution in [1.29, 1.82) is 0 Å². The Hall–Kier alpha value is -3.53. The number of hydrogen-bond donors (Lipinski definition) is 0. The maximum Gasteiger partial charge on any atom is 0.274 e. The molecule has 10 nitrogen and oxygen atoms in total. The number of pyridine rings is 1. The summed E-state index contributed by atoms with van der Waals surface area (Å²) in [5.74, 6) is 0.141. The number of amides is 1. The molecule has 1 aliphatic heterocycles. The number of morpholine rings is 1. The smallest absolute Gasteiger partial charge is 0.274 e. The van der Waals surface area contributed by atoms with Gasteiger partial charge in [0.25, 0.3) is 5.91 Å². The van der Waals surface area contributed by atoms with E-state index >= 15 is 0 Å². The standard InChI is InChI=1S/C20H22N6O4/c1-24-9-8-15(27)18(30-13-14-6-4-3-5-7-14)17(24)20(28)26-10-11-29-16(12-26)19-21-23-25(2)22-19/h3-9,16H,10-13H2,1-2H3. The van der Waals surface area contributed by atoms with Gasteiger partial charge < -0.3 is 18.9 Å². The van der Waals surface area contributed by atoms with Gasteiger partial charge >= 0.3 is 0 Å². The summed E-state index contributed by atoms with van der Waals surface area (Å²) < 4.78 is 13.1. The van der Waals surface area contributed by atoms with Crippen LogP contribution in [0.25, 0.3) is 0 Å². The molecule has 1 atom stereocenters. The molecule has 0 N–H and O–H groups in total. The van der Waals surface area contributed by atoms with Crippen LogP contribution in [0.5, 0.6) is 5.75 Å². The second kappa shape index (κ2) is 8.46. The summed E-state index contributed by atoms with van der Waals surface area (Å²) in [6, 6.07) is 10.9. The van der Waals surface area contributed by atoms with Gasteiger partial charge in [-0.15, -0.1) is 10.2 Å². The zero-order valence-corrected chi connectivity index (χ0v) is 16.8. The van der Waals surface area contributed by atoms with Crippen LogP contribution >= 0.6 is 0 Å². The van der Waals surface area contributed by atoms with Crippen LogP contribution in [-0.2, 0) is 25.4 Å². The summed E-state index contributed by atoms with van der Waals surface area (Å²) in [5, 5.41) is 12.0. The lowest BCUT2D eigenvalue weighted by Crippen LogP contribution is -2.43. The molecule has 2 aromatic heterocycles. The Kier molecular flexibility index (Phi) is 5.57. The van der Waals surface area contributed by atoms with Crippen LogP contribution in [-0.4, -0.2) is 55.3 Å². The van der Waals surface area contributed by atoms with E-state index in [0.29, 0.717) is 19.0 Å². The zero-order chi connectivity index (χ0) is 21.1. The molecule has 30 heavy (non-hydrogen) atoms. The second-order valence-corrected chi connectivity index (χ2v) is 6.99. The lowest BCUT2D eigenvalue weighted by atomic mass is 10.2. The van der Waals surface area contributed by atoms with Gasteiger partial charge in [0.2, 0.25) is 11.3 Å². The molecule has 10 heteroatoms. The fourth-order valence-corrected chi connectivity index (χ4v) is 3.29. The van der Waals surface area contributed by atoms with E-state index in [1.54, 1.807) is 29.8 Å². The molecule has 156 valence electrons. The summed E-state index contributed by atoms with van der Waals surface area (Å²) in [7, 11) is 3.38. The van der Waals surface area contributed by atoms with Gasteiger partial charge in [0.1, 0.15) is 12.7 Å². The SMILES string of the molecule is Cn1nnc(C2CN(C(=O)c3c(OCc4ccccc4)c(=O)ccn3C)CCO2)n1. The van der Waals surface area contributed by atoms with Gasteiger partial charge in [-0.2, -0.15) is 4.80 Å². The fraction of sp³-hybridized carbons (Fsp3) is 0.350. The molecule has 0 spiro atoms. The van der Waals surface area contributed by atoms with Crippen molar-refractivity contribution in [3.05, 3.63) is 69.9 Å². The minimum atomic E-state index is -0.481. The fourth-order valence-electron chi connectivity index (χ4n) is 3.29. The Labute approximate surface area is 172 Å². The number of aryl methyl sites for hydroxylation is 2. The Bertz CT molecular complexity index is 1090. The third-order valence-corrected chi connectivity index (χ3v) is 4.84. The molecule has 1 unspecified atom stereocenters. The average molecular weight is 410 g/mol. The molecule has 0 bridgehead atoms. The Morgan fingerprint density at radius 1 is 1.23 bits per heavy atom. The molecular weight excluding hydrogens is 388 g/mol. The zero-order valence-electron chi connectivity index (χ0n) is 16.8. The molecule has 0 saturated carbocycles. The summed E-state index contributed by atoms with van der Waals surface area (Å²) >= 11 is 0. The first-order valence-electron chi connectivity index (χ1n) is 9.54. The molecule has 1 aliphatic rings. The van der Waals surface area contributed by atoms with Crippen molar-refractivity contribution >= 4 is 5.91 Å². The summed E-state index contributed by atoms with van der Waals surface area (Å²) in [4.78, 5) is 28.8. The Morgan fingerprint density at radius 3 is 2.77 bits per heavy atom. The topological polar surface area (TPSA) is 104 Å². The van der Waals surface area contributed by atoms with E-state index in [1.807, 2.05) is 30.3 Å². The number of ether oxygens (including phenoxy) is 2. The molecule has 4 rings (SSSR count). The van der Waals surface area contributed by atoms with Gasteiger partial charge in [-0.25, -0.2) is 0 Å². The Balaban J connectivity index is 1.58. The number of carbonyl (C=O) groups excluding carboxylic acids is 1. The number of aromatic nitrogens is 5. The van der Waals surface area contributed by atoms with E-state index in [1.165, 1.54) is 10.9 Å². The molecule has 1 fully saturated rings. The van der Waals surface area contributed by atoms with Gasteiger partial charge in [-0.3, -0.25) is 9.59 Å². The summed E-state index contributed by atoms with van der Waals surface area (Å²) in [5.41, 5.74) is 0.765. The van der Waals surface area contributed by atoms with Crippen molar-refractivity contribution in [1.82, 2.24) is 29.7 Å². The number of carbonyl (C=O) groups is 1. The van der Waals surface area contributed by atoms with Crippen molar-refractivity contribution in [2.24, 2.45) is 14.1 Å². The molecule has 1 saturated heterocycles. The molecule has 1 aromatic carbocycles. The van der Waals surface area contributed by atoms with Crippen LogP contribution in [0, 0.1) is 0 Å². The molecule has 0 aliphatic carbocycles. The van der Waals surface area contributed by atoms with Gasteiger partial charge in [0.15, 0.2) is 11.4 Å². The molecule has 3 heterocycles. The van der Waals surface area contributed by atoms with Crippen LogP contribution in [0.1, 0.15) is 28.0 Å². The highest BCUT2D eigenvalue weighted by molar-refractivity contribution is 5.95. The van der Waals surface area contributed by atoms with E-state index in [0.717, 1.165) is 5.56 Å². The molecule has 0 radical (unpaired) electrons. The van der Waals surface area contributed by atoms with Crippen molar-refractivity contribution in [3.63, 3.8) is 0 Å². The van der Waals surface area contributed by atoms with Gasteiger partial charge in [0, 0.05) is 25.9 Å². The van der Waals surface area contributed by atoms with Crippen LogP contribution in [0.4, 0.5) is 0 Å². The lowest BCUT2D eigenvalue weighted by Gasteiger charge is -2.32. The number of rotatable bonds is 5. The highest BCUT2D eigenvalue weighted by Crippen LogP contribution is 2.23. The third kappa shape index (κ3) is 4.08. The van der Waals surface area contributed by atoms with Gasteiger partial charge in [-0.1, -0.05) is 30.3 Å². The van der Waals surface area contributed by atoms with Crippen LogP contribution in [0.15, 0.2) is 47.4 Å². The average Bonchev–Trinajstić information content (AvgIpc) is 3.21. The predicted molar refractivity (Wildman–Crippen MR) is 106 cm³/mol. The number of hydrogen-bond acceptors (Lipinski definition) is 7. The maximum absolute atomic E-state index is 13.4. The highest BCUT2D eigenvalue weighted by atomic mass is 16.5. The maximum atomic E-state index is 13.4. The van der Waals surface area contributed by atoms with E-state index < -0.39 is 6.10 Å². The lowest BCUT2D eigenvalue weighted by molar-refractivity contribution is -0.0273. The van der Waals surface area contributed by atoms with Crippen molar-refractivity contribution in [2.45, 2.75) is 12.7 Å². The largest absolute Gasteiger partial charge is 0.483 e. The Morgan fingerprint density at radius 2 is 2.03 bits per heavy atom. The monoisotopic (exact) mass is 410 g/mol. The highest BCUT2D eigenvalue weighted by Gasteiger charge is 2.31. The van der Waals surface area contributed by atoms with Crippen molar-refractivity contribution in [3.8, 4) is 5.75 Å². The number of benzene rings is 1.